The fourth-order valence-electron chi connectivity index (χ4n) is 0.846. The van der Waals surface area contributed by atoms with Crippen molar-refractivity contribution in [1.29, 1.82) is 0 Å². The first-order chi connectivity index (χ1) is 6.91. The maximum absolute atomic E-state index is 11.3. The van der Waals surface area contributed by atoms with Gasteiger partial charge in [0.1, 0.15) is 0 Å². The Balaban J connectivity index is 2.91. The van der Waals surface area contributed by atoms with Gasteiger partial charge >= 0.3 is 5.91 Å². The molecule has 0 aliphatic heterocycles. The molecule has 0 spiro atoms. The van der Waals surface area contributed by atoms with Crippen molar-refractivity contribution in [3.8, 4) is 0 Å². The third-order valence-electron chi connectivity index (χ3n) is 1.55. The van der Waals surface area contributed by atoms with E-state index in [2.05, 4.69) is 4.36 Å². The number of hydrogen-bond acceptors (Lipinski definition) is 1. The monoisotopic (exact) mass is 283 g/mol. The van der Waals surface area contributed by atoms with E-state index in [4.69, 9.17) is 34.8 Å². The van der Waals surface area contributed by atoms with Crippen molar-refractivity contribution in [3.63, 3.8) is 0 Å². The largest absolute Gasteiger partial charge is 0.303 e. The molecule has 0 bridgehead atoms. The summed E-state index contributed by atoms with van der Waals surface area (Å²) in [6.45, 7) is 0. The second-order valence-electron chi connectivity index (χ2n) is 2.69. The predicted molar refractivity (Wildman–Crippen MR) is 65.7 cm³/mol. The van der Waals surface area contributed by atoms with E-state index in [-0.39, 0.29) is 0 Å². The van der Waals surface area contributed by atoms with E-state index in [9.17, 15) is 4.79 Å². The molecule has 1 atom stereocenters. The Bertz CT molecular complexity index is 386. The van der Waals surface area contributed by atoms with E-state index in [0.29, 0.717) is 0 Å². The third-order valence-corrected chi connectivity index (χ3v) is 3.43. The van der Waals surface area contributed by atoms with Crippen LogP contribution in [0.1, 0.15) is 0 Å². The number of hydrogen-bond donors (Lipinski definition) is 0. The molecular formula is C9H8Cl3NOS. The minimum Gasteiger partial charge on any atom is -0.267 e. The van der Waals surface area contributed by atoms with Gasteiger partial charge in [0.05, 0.1) is 0 Å². The summed E-state index contributed by atoms with van der Waals surface area (Å²) in [4.78, 5) is 12.2. The number of carbonyl (C=O) groups excluding carboxylic acids is 1. The van der Waals surface area contributed by atoms with Crippen LogP contribution in [-0.4, -0.2) is 16.0 Å². The Morgan fingerprint density at radius 2 is 1.80 bits per heavy atom. The molecule has 0 aromatic heterocycles. The van der Waals surface area contributed by atoms with Crippen LogP contribution in [0, 0.1) is 0 Å². The molecule has 1 aromatic rings. The van der Waals surface area contributed by atoms with Crippen LogP contribution in [0.25, 0.3) is 0 Å². The Morgan fingerprint density at radius 3 is 2.27 bits per heavy atom. The summed E-state index contributed by atoms with van der Waals surface area (Å²) in [6, 6.07) is 9.37. The van der Waals surface area contributed by atoms with Crippen LogP contribution in [0.2, 0.25) is 0 Å². The molecule has 0 saturated carbocycles. The standard InChI is InChI=1S/C9H8Cl3NOS/c1-15(7-5-3-2-4-6-7)13-8(14)9(10,11)12/h2-6H,1H3. The van der Waals surface area contributed by atoms with E-state index in [1.165, 1.54) is 0 Å². The van der Waals surface area contributed by atoms with Crippen molar-refractivity contribution < 1.29 is 4.79 Å². The summed E-state index contributed by atoms with van der Waals surface area (Å²) in [7, 11) is -0.588. The van der Waals surface area contributed by atoms with Gasteiger partial charge in [-0.2, -0.15) is 4.36 Å². The van der Waals surface area contributed by atoms with Crippen LogP contribution in [0.3, 0.4) is 0 Å². The van der Waals surface area contributed by atoms with Crippen molar-refractivity contribution in [3.05, 3.63) is 30.3 Å². The lowest BCUT2D eigenvalue weighted by Crippen LogP contribution is -2.16. The molecule has 0 aliphatic rings. The topological polar surface area (TPSA) is 29.4 Å². The number of benzene rings is 1. The molecule has 0 heterocycles. The van der Waals surface area contributed by atoms with Crippen LogP contribution in [0.5, 0.6) is 0 Å². The Morgan fingerprint density at radius 1 is 1.27 bits per heavy atom. The molecule has 82 valence electrons. The molecule has 0 saturated heterocycles. The van der Waals surface area contributed by atoms with Gasteiger partial charge < -0.3 is 0 Å². The average Bonchev–Trinajstić information content (AvgIpc) is 2.17. The van der Waals surface area contributed by atoms with Gasteiger partial charge in [-0.25, -0.2) is 0 Å². The summed E-state index contributed by atoms with van der Waals surface area (Å²) < 4.78 is 1.85. The van der Waals surface area contributed by atoms with Crippen LogP contribution in [0.15, 0.2) is 39.6 Å². The number of alkyl halides is 3. The summed E-state index contributed by atoms with van der Waals surface area (Å²) >= 11 is 16.2. The van der Waals surface area contributed by atoms with E-state index < -0.39 is 20.4 Å². The van der Waals surface area contributed by atoms with Crippen LogP contribution in [0.4, 0.5) is 0 Å². The fourth-order valence-corrected chi connectivity index (χ4v) is 2.17. The molecule has 15 heavy (non-hydrogen) atoms. The molecule has 1 amide bonds. The summed E-state index contributed by atoms with van der Waals surface area (Å²) in [6.07, 6.45) is 1.80. The van der Waals surface area contributed by atoms with E-state index in [1.807, 2.05) is 30.3 Å². The smallest absolute Gasteiger partial charge is 0.267 e. The summed E-state index contributed by atoms with van der Waals surface area (Å²) in [5, 5.41) is 0. The van der Waals surface area contributed by atoms with Crippen LogP contribution >= 0.6 is 34.8 Å². The fraction of sp³-hybridized carbons (Fsp3) is 0.222. The minimum absolute atomic E-state index is 0.588. The highest BCUT2D eigenvalue weighted by molar-refractivity contribution is 7.87. The second kappa shape index (κ2) is 5.30. The van der Waals surface area contributed by atoms with Gasteiger partial charge in [-0.05, 0) is 18.4 Å². The number of nitrogens with zero attached hydrogens (tertiary/aromatic N) is 1. The zero-order valence-electron chi connectivity index (χ0n) is 7.78. The average molecular weight is 285 g/mol. The molecule has 1 unspecified atom stereocenters. The lowest BCUT2D eigenvalue weighted by molar-refractivity contribution is -0.116. The van der Waals surface area contributed by atoms with E-state index >= 15 is 0 Å². The van der Waals surface area contributed by atoms with Gasteiger partial charge in [0.25, 0.3) is 3.79 Å². The zero-order chi connectivity index (χ0) is 11.5. The normalized spacial score (nSPS) is 13.9. The molecule has 1 rings (SSSR count). The van der Waals surface area contributed by atoms with Gasteiger partial charge in [0.15, 0.2) is 0 Å². The van der Waals surface area contributed by atoms with Crippen molar-refractivity contribution >= 4 is 51.4 Å². The molecule has 0 N–H and O–H groups in total. The molecule has 6 heteroatoms. The number of carbonyl (C=O) groups is 1. The lowest BCUT2D eigenvalue weighted by Gasteiger charge is -2.06. The zero-order valence-corrected chi connectivity index (χ0v) is 10.9. The number of halogens is 3. The van der Waals surface area contributed by atoms with Crippen molar-refractivity contribution in [1.82, 2.24) is 0 Å². The minimum atomic E-state index is -1.96. The molecule has 0 fully saturated rings. The maximum Gasteiger partial charge on any atom is 0.303 e. The molecule has 2 nitrogen and oxygen atoms in total. The number of amides is 1. The molecule has 0 radical (unpaired) electrons. The third kappa shape index (κ3) is 4.11. The quantitative estimate of drug-likeness (QED) is 0.727. The highest BCUT2D eigenvalue weighted by Crippen LogP contribution is 2.28. The molecule has 1 aromatic carbocycles. The first-order valence-corrected chi connectivity index (χ1v) is 6.67. The molecular weight excluding hydrogens is 277 g/mol. The van der Waals surface area contributed by atoms with Crippen molar-refractivity contribution in [2.24, 2.45) is 4.36 Å². The van der Waals surface area contributed by atoms with Gasteiger partial charge in [-0.15, -0.1) is 0 Å². The van der Waals surface area contributed by atoms with E-state index in [0.717, 1.165) is 4.90 Å². The highest BCUT2D eigenvalue weighted by Gasteiger charge is 2.30. The maximum atomic E-state index is 11.3. The van der Waals surface area contributed by atoms with E-state index in [1.54, 1.807) is 6.26 Å². The second-order valence-corrected chi connectivity index (χ2v) is 6.58. The Hall–Kier alpha value is -0.0900. The summed E-state index contributed by atoms with van der Waals surface area (Å²) in [5.41, 5.74) is 0. The summed E-state index contributed by atoms with van der Waals surface area (Å²) in [5.74, 6) is -0.734. The van der Waals surface area contributed by atoms with Crippen molar-refractivity contribution in [2.45, 2.75) is 8.69 Å². The lowest BCUT2D eigenvalue weighted by atomic mass is 10.4. The molecule has 0 aliphatic carbocycles. The van der Waals surface area contributed by atoms with Crippen LogP contribution < -0.4 is 0 Å². The van der Waals surface area contributed by atoms with Gasteiger partial charge in [0.2, 0.25) is 0 Å². The first-order valence-electron chi connectivity index (χ1n) is 3.95. The predicted octanol–water partition coefficient (Wildman–Crippen LogP) is 3.37. The van der Waals surface area contributed by atoms with Gasteiger partial charge in [-0.3, -0.25) is 4.79 Å². The Labute approximate surface area is 106 Å². The van der Waals surface area contributed by atoms with Crippen molar-refractivity contribution in [2.75, 3.05) is 6.26 Å². The Kier molecular flexibility index (Phi) is 4.59. The van der Waals surface area contributed by atoms with Gasteiger partial charge in [0, 0.05) is 4.90 Å². The SMILES string of the molecule is CS(=NC(=O)C(Cl)(Cl)Cl)c1ccccc1. The highest BCUT2D eigenvalue weighted by atomic mass is 35.6. The van der Waals surface area contributed by atoms with Gasteiger partial charge in [-0.1, -0.05) is 63.7 Å². The number of rotatable bonds is 1. The first kappa shape index (κ1) is 13.0. The van der Waals surface area contributed by atoms with Crippen LogP contribution in [-0.2, 0) is 15.5 Å².